The number of piperidine rings is 1. The molecule has 4 rings (SSSR count). The fourth-order valence-electron chi connectivity index (χ4n) is 4.09. The van der Waals surface area contributed by atoms with Crippen LogP contribution < -0.4 is 10.5 Å². The largest absolute Gasteiger partial charge is 0.493 e. The number of nitrogens with two attached hydrogens (primary N) is 1. The minimum absolute atomic E-state index is 0.159. The minimum atomic E-state index is -0.431. The number of ether oxygens (including phenoxy) is 1. The maximum Gasteiger partial charge on any atom is 0.289 e. The second-order valence-electron chi connectivity index (χ2n) is 8.18. The van der Waals surface area contributed by atoms with Gasteiger partial charge in [0.1, 0.15) is 17.3 Å². The Morgan fingerprint density at radius 2 is 1.69 bits per heavy atom. The fraction of sp³-hybridized carbons (Fsp3) is 0.280. The monoisotopic (exact) mass is 436 g/mol. The number of benzene rings is 2. The molecule has 6 nitrogen and oxygen atoms in total. The smallest absolute Gasteiger partial charge is 0.289 e. The van der Waals surface area contributed by atoms with E-state index >= 15 is 0 Å². The molecule has 0 saturated carbocycles. The first-order valence-electron chi connectivity index (χ1n) is 10.6. The van der Waals surface area contributed by atoms with E-state index in [4.69, 9.17) is 14.9 Å². The van der Waals surface area contributed by atoms with E-state index in [2.05, 4.69) is 0 Å². The average molecular weight is 436 g/mol. The van der Waals surface area contributed by atoms with Crippen molar-refractivity contribution < 1.29 is 23.1 Å². The molecule has 7 heteroatoms. The third-order valence-electron chi connectivity index (χ3n) is 5.90. The number of hydrogen-bond donors (Lipinski definition) is 1. The number of nitrogens with zero attached hydrogens (tertiary/aromatic N) is 1. The zero-order valence-electron chi connectivity index (χ0n) is 17.6. The third-order valence-corrected chi connectivity index (χ3v) is 5.90. The van der Waals surface area contributed by atoms with E-state index in [1.54, 1.807) is 35.2 Å². The molecule has 3 aromatic rings. The molecular weight excluding hydrogens is 411 g/mol. The van der Waals surface area contributed by atoms with Gasteiger partial charge in [0.15, 0.2) is 5.76 Å². The summed E-state index contributed by atoms with van der Waals surface area (Å²) in [6, 6.07) is 18.8. The summed E-state index contributed by atoms with van der Waals surface area (Å²) in [6.45, 7) is 1.24. The maximum atomic E-state index is 14.0. The number of amides is 2. The van der Waals surface area contributed by atoms with Crippen LogP contribution in [0.3, 0.4) is 0 Å². The second kappa shape index (κ2) is 9.26. The van der Waals surface area contributed by atoms with Gasteiger partial charge in [-0.3, -0.25) is 9.59 Å². The van der Waals surface area contributed by atoms with Gasteiger partial charge in [0, 0.05) is 24.9 Å². The molecule has 0 unspecified atom stereocenters. The quantitative estimate of drug-likeness (QED) is 0.600. The van der Waals surface area contributed by atoms with E-state index in [1.165, 1.54) is 6.07 Å². The van der Waals surface area contributed by atoms with E-state index < -0.39 is 11.2 Å². The highest BCUT2D eigenvalue weighted by molar-refractivity contribution is 5.92. The Balaban J connectivity index is 1.42. The summed E-state index contributed by atoms with van der Waals surface area (Å²) in [5.41, 5.74) is 5.39. The summed E-state index contributed by atoms with van der Waals surface area (Å²) in [5, 5.41) is 0. The molecule has 0 spiro atoms. The highest BCUT2D eigenvalue weighted by atomic mass is 19.1. The molecule has 2 N–H and O–H groups in total. The van der Waals surface area contributed by atoms with E-state index in [-0.39, 0.29) is 24.0 Å². The average Bonchev–Trinajstić information content (AvgIpc) is 3.28. The van der Waals surface area contributed by atoms with Crippen molar-refractivity contribution in [3.8, 4) is 17.1 Å². The van der Waals surface area contributed by atoms with Crippen LogP contribution in [0.25, 0.3) is 11.3 Å². The molecule has 32 heavy (non-hydrogen) atoms. The molecule has 0 atom stereocenters. The van der Waals surface area contributed by atoms with E-state index in [0.29, 0.717) is 43.9 Å². The van der Waals surface area contributed by atoms with Crippen LogP contribution in [-0.2, 0) is 4.79 Å². The molecule has 1 aliphatic heterocycles. The molecule has 2 amide bonds. The SMILES string of the molecule is NC(=O)CC1(COc2ccccc2)CCN(C(=O)c2ccc(-c3ccccc3F)o2)CC1. The van der Waals surface area contributed by atoms with Gasteiger partial charge in [0.25, 0.3) is 5.91 Å². The zero-order chi connectivity index (χ0) is 22.6. The van der Waals surface area contributed by atoms with Gasteiger partial charge in [0.2, 0.25) is 5.91 Å². The molecule has 1 aliphatic rings. The van der Waals surface area contributed by atoms with Crippen molar-refractivity contribution in [2.45, 2.75) is 19.3 Å². The van der Waals surface area contributed by atoms with Crippen molar-refractivity contribution in [3.63, 3.8) is 0 Å². The van der Waals surface area contributed by atoms with Crippen LogP contribution in [0.1, 0.15) is 29.8 Å². The highest BCUT2D eigenvalue weighted by Crippen LogP contribution is 2.36. The first-order valence-corrected chi connectivity index (χ1v) is 10.6. The third kappa shape index (κ3) is 4.82. The second-order valence-corrected chi connectivity index (χ2v) is 8.18. The van der Waals surface area contributed by atoms with Crippen molar-refractivity contribution in [2.75, 3.05) is 19.7 Å². The molecule has 2 aromatic carbocycles. The Bertz CT molecular complexity index is 1090. The Labute approximate surface area is 185 Å². The van der Waals surface area contributed by atoms with Gasteiger partial charge < -0.3 is 19.8 Å². The predicted molar refractivity (Wildman–Crippen MR) is 117 cm³/mol. The number of halogens is 1. The summed E-state index contributed by atoms with van der Waals surface area (Å²) >= 11 is 0. The van der Waals surface area contributed by atoms with E-state index in [9.17, 15) is 14.0 Å². The van der Waals surface area contributed by atoms with Gasteiger partial charge in [-0.1, -0.05) is 30.3 Å². The van der Waals surface area contributed by atoms with Crippen molar-refractivity contribution in [1.29, 1.82) is 0 Å². The fourth-order valence-corrected chi connectivity index (χ4v) is 4.09. The summed E-state index contributed by atoms with van der Waals surface area (Å²) in [7, 11) is 0. The first-order chi connectivity index (χ1) is 15.5. The standard InChI is InChI=1S/C25H25FN2O4/c26-20-9-5-4-8-19(20)21-10-11-22(32-21)24(30)28-14-12-25(13-15-28,16-23(27)29)17-31-18-6-2-1-3-7-18/h1-11H,12-17H2,(H2,27,29). The summed E-state index contributed by atoms with van der Waals surface area (Å²) in [5.74, 6) is 0.139. The van der Waals surface area contributed by atoms with Crippen molar-refractivity contribution >= 4 is 11.8 Å². The summed E-state index contributed by atoms with van der Waals surface area (Å²) < 4.78 is 25.6. The van der Waals surface area contributed by atoms with E-state index in [1.807, 2.05) is 30.3 Å². The number of hydrogen-bond acceptors (Lipinski definition) is 4. The van der Waals surface area contributed by atoms with Crippen LogP contribution in [0.5, 0.6) is 5.75 Å². The Kier molecular flexibility index (Phi) is 6.25. The van der Waals surface area contributed by atoms with Crippen LogP contribution in [0.2, 0.25) is 0 Å². The zero-order valence-corrected chi connectivity index (χ0v) is 17.6. The molecule has 0 bridgehead atoms. The molecular formula is C25H25FN2O4. The number of furan rings is 1. The van der Waals surface area contributed by atoms with Gasteiger partial charge >= 0.3 is 0 Å². The number of carbonyl (C=O) groups is 2. The molecule has 166 valence electrons. The number of likely N-dealkylation sites (tertiary alicyclic amines) is 1. The van der Waals surface area contributed by atoms with Gasteiger partial charge in [-0.25, -0.2) is 4.39 Å². The molecule has 0 radical (unpaired) electrons. The molecule has 1 fully saturated rings. The number of rotatable bonds is 7. The Hall–Kier alpha value is -3.61. The Morgan fingerprint density at radius 3 is 2.38 bits per heavy atom. The lowest BCUT2D eigenvalue weighted by atomic mass is 9.76. The van der Waals surface area contributed by atoms with Crippen molar-refractivity contribution in [3.05, 3.63) is 78.3 Å². The number of carbonyl (C=O) groups excluding carboxylic acids is 2. The van der Waals surface area contributed by atoms with Gasteiger partial charge in [-0.15, -0.1) is 0 Å². The number of primary amides is 1. The molecule has 1 saturated heterocycles. The molecule has 2 heterocycles. The highest BCUT2D eigenvalue weighted by Gasteiger charge is 2.39. The van der Waals surface area contributed by atoms with Crippen LogP contribution in [-0.4, -0.2) is 36.4 Å². The van der Waals surface area contributed by atoms with Crippen molar-refractivity contribution in [1.82, 2.24) is 4.90 Å². The van der Waals surface area contributed by atoms with Gasteiger partial charge in [-0.05, 0) is 49.2 Å². The van der Waals surface area contributed by atoms with Crippen LogP contribution in [0.4, 0.5) is 4.39 Å². The topological polar surface area (TPSA) is 85.8 Å². The lowest BCUT2D eigenvalue weighted by Gasteiger charge is -2.40. The molecule has 0 aliphatic carbocycles. The summed E-state index contributed by atoms with van der Waals surface area (Å²) in [4.78, 5) is 26.4. The van der Waals surface area contributed by atoms with Crippen molar-refractivity contribution in [2.24, 2.45) is 11.1 Å². The lowest BCUT2D eigenvalue weighted by Crippen LogP contribution is -2.47. The first kappa shape index (κ1) is 21.6. The van der Waals surface area contributed by atoms with Crippen LogP contribution in [0.15, 0.2) is 71.1 Å². The van der Waals surface area contributed by atoms with Gasteiger partial charge in [0.05, 0.1) is 12.2 Å². The summed E-state index contributed by atoms with van der Waals surface area (Å²) in [6.07, 6.45) is 1.35. The Morgan fingerprint density at radius 1 is 1.00 bits per heavy atom. The minimum Gasteiger partial charge on any atom is -0.493 e. The normalized spacial score (nSPS) is 15.3. The predicted octanol–water partition coefficient (Wildman–Crippen LogP) is 4.26. The van der Waals surface area contributed by atoms with Crippen LogP contribution in [0, 0.1) is 11.2 Å². The molecule has 1 aromatic heterocycles. The van der Waals surface area contributed by atoms with Crippen LogP contribution >= 0.6 is 0 Å². The van der Waals surface area contributed by atoms with Gasteiger partial charge in [-0.2, -0.15) is 0 Å². The lowest BCUT2D eigenvalue weighted by molar-refractivity contribution is -0.121. The van der Waals surface area contributed by atoms with E-state index in [0.717, 1.165) is 5.75 Å². The number of para-hydroxylation sites is 1. The maximum absolute atomic E-state index is 14.0.